The van der Waals surface area contributed by atoms with E-state index in [1.807, 2.05) is 72.3 Å². The number of hydrogen-bond acceptors (Lipinski definition) is 7. The Morgan fingerprint density at radius 3 is 2.56 bits per heavy atom. The first-order valence-electron chi connectivity index (χ1n) is 11.2. The Labute approximate surface area is 218 Å². The van der Waals surface area contributed by atoms with Gasteiger partial charge in [-0.25, -0.2) is 4.79 Å². The molecule has 0 radical (unpaired) electrons. The predicted molar refractivity (Wildman–Crippen MR) is 146 cm³/mol. The Balaban J connectivity index is 1.53. The highest BCUT2D eigenvalue weighted by Gasteiger charge is 2.23. The molecule has 0 atom stereocenters. The standard InChI is InChI=1S/C27H26N4O3S2/c1-5-14-31-24(20-9-7-6-8-18(20)3)29-30-27(31)36-16-22(32)28-25-23(26(33)34-4)21(15-35-25)19-12-10-17(2)11-13-19/h5-13,15H,1,14,16H2,2-4H3,(H,28,32). The van der Waals surface area contributed by atoms with Crippen molar-refractivity contribution in [3.8, 4) is 22.5 Å². The zero-order chi connectivity index (χ0) is 25.7. The first kappa shape index (κ1) is 25.4. The van der Waals surface area contributed by atoms with Crippen LogP contribution in [-0.2, 0) is 16.1 Å². The number of methoxy groups -OCH3 is 1. The zero-order valence-electron chi connectivity index (χ0n) is 20.3. The van der Waals surface area contributed by atoms with Crippen LogP contribution in [0.4, 0.5) is 5.00 Å². The largest absolute Gasteiger partial charge is 0.465 e. The van der Waals surface area contributed by atoms with Gasteiger partial charge >= 0.3 is 5.97 Å². The van der Waals surface area contributed by atoms with Gasteiger partial charge in [0.05, 0.1) is 12.9 Å². The van der Waals surface area contributed by atoms with Crippen molar-refractivity contribution in [3.05, 3.63) is 83.3 Å². The number of amides is 1. The Hall–Kier alpha value is -3.69. The molecule has 0 spiro atoms. The van der Waals surface area contributed by atoms with Gasteiger partial charge in [-0.3, -0.25) is 9.36 Å². The van der Waals surface area contributed by atoms with E-state index in [2.05, 4.69) is 22.1 Å². The molecule has 4 rings (SSSR count). The molecule has 1 N–H and O–H groups in total. The number of rotatable bonds is 9. The van der Waals surface area contributed by atoms with E-state index < -0.39 is 5.97 Å². The highest BCUT2D eigenvalue weighted by atomic mass is 32.2. The number of benzene rings is 2. The van der Waals surface area contributed by atoms with Crippen LogP contribution in [0.2, 0.25) is 0 Å². The van der Waals surface area contributed by atoms with E-state index in [-0.39, 0.29) is 11.7 Å². The summed E-state index contributed by atoms with van der Waals surface area (Å²) in [6.07, 6.45) is 1.77. The smallest absolute Gasteiger partial charge is 0.341 e. The molecule has 36 heavy (non-hydrogen) atoms. The number of nitrogens with zero attached hydrogens (tertiary/aromatic N) is 3. The van der Waals surface area contributed by atoms with Gasteiger partial charge < -0.3 is 10.1 Å². The second-order valence-electron chi connectivity index (χ2n) is 8.07. The summed E-state index contributed by atoms with van der Waals surface area (Å²) in [7, 11) is 1.33. The van der Waals surface area contributed by atoms with Gasteiger partial charge in [0.2, 0.25) is 5.91 Å². The zero-order valence-corrected chi connectivity index (χ0v) is 21.9. The number of thiophene rings is 1. The molecule has 2 aromatic carbocycles. The second-order valence-corrected chi connectivity index (χ2v) is 9.89. The third kappa shape index (κ3) is 5.42. The average Bonchev–Trinajstić information content (AvgIpc) is 3.47. The van der Waals surface area contributed by atoms with Crippen LogP contribution >= 0.6 is 23.1 Å². The van der Waals surface area contributed by atoms with Gasteiger partial charge in [-0.15, -0.1) is 28.1 Å². The summed E-state index contributed by atoms with van der Waals surface area (Å²) in [5.41, 5.74) is 5.14. The number of aryl methyl sites for hydroxylation is 2. The fourth-order valence-corrected chi connectivity index (χ4v) is 5.43. The number of nitrogens with one attached hydrogen (secondary N) is 1. The van der Waals surface area contributed by atoms with Gasteiger partial charge in [-0.2, -0.15) is 0 Å². The van der Waals surface area contributed by atoms with Gasteiger partial charge in [-0.1, -0.05) is 71.9 Å². The lowest BCUT2D eigenvalue weighted by Gasteiger charge is -2.10. The topological polar surface area (TPSA) is 86.1 Å². The first-order valence-corrected chi connectivity index (χ1v) is 13.1. The maximum Gasteiger partial charge on any atom is 0.341 e. The van der Waals surface area contributed by atoms with E-state index in [4.69, 9.17) is 4.74 Å². The Kier molecular flexibility index (Phi) is 8.02. The normalized spacial score (nSPS) is 10.8. The highest BCUT2D eigenvalue weighted by Crippen LogP contribution is 2.36. The number of thioether (sulfide) groups is 1. The van der Waals surface area contributed by atoms with Crippen molar-refractivity contribution < 1.29 is 14.3 Å². The molecule has 0 saturated carbocycles. The van der Waals surface area contributed by atoms with Gasteiger partial charge in [0, 0.05) is 23.1 Å². The molecular weight excluding hydrogens is 492 g/mol. The molecule has 9 heteroatoms. The van der Waals surface area contributed by atoms with Crippen molar-refractivity contribution in [2.75, 3.05) is 18.2 Å². The fraction of sp³-hybridized carbons (Fsp3) is 0.185. The van der Waals surface area contributed by atoms with E-state index in [1.165, 1.54) is 30.2 Å². The minimum absolute atomic E-state index is 0.0986. The molecule has 2 heterocycles. The van der Waals surface area contributed by atoms with Crippen LogP contribution in [0.25, 0.3) is 22.5 Å². The third-order valence-corrected chi connectivity index (χ3v) is 7.41. The maximum atomic E-state index is 12.9. The molecule has 0 unspecified atom stereocenters. The number of hydrogen-bond donors (Lipinski definition) is 1. The van der Waals surface area contributed by atoms with Crippen molar-refractivity contribution in [2.45, 2.75) is 25.5 Å². The number of carbonyl (C=O) groups excluding carboxylic acids is 2. The monoisotopic (exact) mass is 518 g/mol. The van der Waals surface area contributed by atoms with E-state index >= 15 is 0 Å². The summed E-state index contributed by atoms with van der Waals surface area (Å²) >= 11 is 2.57. The van der Waals surface area contributed by atoms with Crippen molar-refractivity contribution in [1.82, 2.24) is 14.8 Å². The number of ether oxygens (including phenoxy) is 1. The van der Waals surface area contributed by atoms with Crippen molar-refractivity contribution in [1.29, 1.82) is 0 Å². The number of anilines is 1. The van der Waals surface area contributed by atoms with Crippen molar-refractivity contribution in [2.24, 2.45) is 0 Å². The van der Waals surface area contributed by atoms with Crippen LogP contribution < -0.4 is 5.32 Å². The molecule has 2 aromatic heterocycles. The predicted octanol–water partition coefficient (Wildman–Crippen LogP) is 5.99. The Morgan fingerprint density at radius 1 is 1.11 bits per heavy atom. The number of allylic oxidation sites excluding steroid dienone is 1. The van der Waals surface area contributed by atoms with E-state index in [0.29, 0.717) is 22.3 Å². The minimum atomic E-state index is -0.497. The molecule has 7 nitrogen and oxygen atoms in total. The Bertz CT molecular complexity index is 1410. The van der Waals surface area contributed by atoms with Crippen LogP contribution in [0.15, 0.2) is 71.7 Å². The van der Waals surface area contributed by atoms with Crippen LogP contribution in [0.3, 0.4) is 0 Å². The molecule has 184 valence electrons. The van der Waals surface area contributed by atoms with Gasteiger partial charge in [-0.05, 0) is 25.0 Å². The molecule has 0 aliphatic rings. The number of esters is 1. The van der Waals surface area contributed by atoms with E-state index in [0.717, 1.165) is 33.6 Å². The van der Waals surface area contributed by atoms with Crippen LogP contribution in [0, 0.1) is 13.8 Å². The Morgan fingerprint density at radius 2 is 1.86 bits per heavy atom. The molecule has 0 saturated heterocycles. The van der Waals surface area contributed by atoms with E-state index in [1.54, 1.807) is 6.08 Å². The number of carbonyl (C=O) groups is 2. The van der Waals surface area contributed by atoms with Crippen molar-refractivity contribution in [3.63, 3.8) is 0 Å². The molecule has 0 aliphatic heterocycles. The second kappa shape index (κ2) is 11.4. The highest BCUT2D eigenvalue weighted by molar-refractivity contribution is 7.99. The van der Waals surface area contributed by atoms with Gasteiger partial charge in [0.1, 0.15) is 10.6 Å². The third-order valence-electron chi connectivity index (χ3n) is 5.54. The lowest BCUT2D eigenvalue weighted by molar-refractivity contribution is -0.113. The minimum Gasteiger partial charge on any atom is -0.465 e. The van der Waals surface area contributed by atoms with Crippen molar-refractivity contribution >= 4 is 40.0 Å². The maximum absolute atomic E-state index is 12.9. The first-order chi connectivity index (χ1) is 17.4. The summed E-state index contributed by atoms with van der Waals surface area (Å²) < 4.78 is 6.95. The van der Waals surface area contributed by atoms with Crippen LogP contribution in [0.5, 0.6) is 0 Å². The summed E-state index contributed by atoms with van der Waals surface area (Å²) in [6.45, 7) is 8.38. The molecular formula is C27H26N4O3S2. The van der Waals surface area contributed by atoms with Crippen LogP contribution in [-0.4, -0.2) is 39.5 Å². The lowest BCUT2D eigenvalue weighted by atomic mass is 10.0. The van der Waals surface area contributed by atoms with Gasteiger partial charge in [0.15, 0.2) is 11.0 Å². The SMILES string of the molecule is C=CCn1c(SCC(=O)Nc2scc(-c3ccc(C)cc3)c2C(=O)OC)nnc1-c1ccccc1C. The van der Waals surface area contributed by atoms with Crippen LogP contribution in [0.1, 0.15) is 21.5 Å². The summed E-state index contributed by atoms with van der Waals surface area (Å²) in [5.74, 6) is 0.0721. The molecule has 0 aliphatic carbocycles. The van der Waals surface area contributed by atoms with Gasteiger partial charge in [0.25, 0.3) is 0 Å². The number of aromatic nitrogens is 3. The summed E-state index contributed by atoms with van der Waals surface area (Å²) in [5, 5.41) is 14.5. The lowest BCUT2D eigenvalue weighted by Crippen LogP contribution is -2.16. The molecule has 0 bridgehead atoms. The fourth-order valence-electron chi connectivity index (χ4n) is 3.71. The molecule has 0 fully saturated rings. The summed E-state index contributed by atoms with van der Waals surface area (Å²) in [6, 6.07) is 15.8. The quantitative estimate of drug-likeness (QED) is 0.166. The van der Waals surface area contributed by atoms with E-state index in [9.17, 15) is 9.59 Å². The molecule has 4 aromatic rings. The summed E-state index contributed by atoms with van der Waals surface area (Å²) in [4.78, 5) is 25.5. The average molecular weight is 519 g/mol. The molecule has 1 amide bonds.